The number of hydrogen-bond donors (Lipinski definition) is 4. The molecule has 3 aliphatic heterocycles. The van der Waals surface area contributed by atoms with Crippen molar-refractivity contribution in [2.75, 3.05) is 19.6 Å². The average Bonchev–Trinajstić information content (AvgIpc) is 3.78. The van der Waals surface area contributed by atoms with E-state index in [0.717, 1.165) is 30.5 Å². The van der Waals surface area contributed by atoms with Crippen LogP contribution in [0.1, 0.15) is 60.6 Å². The molecule has 3 aliphatic rings. The van der Waals surface area contributed by atoms with E-state index >= 15 is 0 Å². The molecular weight excluding hydrogens is 683 g/mol. The van der Waals surface area contributed by atoms with Crippen molar-refractivity contribution < 1.29 is 42.3 Å². The third kappa shape index (κ3) is 6.96. The fourth-order valence-electron chi connectivity index (χ4n) is 7.32. The van der Waals surface area contributed by atoms with E-state index in [1.807, 2.05) is 23.1 Å². The number of rotatable bonds is 7. The third-order valence-corrected chi connectivity index (χ3v) is 11.1. The minimum absolute atomic E-state index is 0.0530. The molecule has 4 atom stereocenters. The lowest BCUT2D eigenvalue weighted by atomic mass is 10.0. The molecule has 6 rings (SSSR count). The van der Waals surface area contributed by atoms with Crippen LogP contribution in [0.5, 0.6) is 0 Å². The van der Waals surface area contributed by atoms with Gasteiger partial charge in [-0.1, -0.05) is 29.8 Å². The number of likely N-dealkylation sites (tertiary alicyclic amines) is 1. The molecule has 0 spiro atoms. The van der Waals surface area contributed by atoms with Crippen LogP contribution in [-0.4, -0.2) is 96.9 Å². The minimum atomic E-state index is -5.81. The third-order valence-electron chi connectivity index (χ3n) is 9.83. The zero-order chi connectivity index (χ0) is 35.2. The quantitative estimate of drug-likeness (QED) is 0.268. The standard InChI is InChI=1S/C33H37ClF2N5O7P/c1-19(42)39-13-11-24-8-10-29(32(45)40-12-3-6-25(40)15-20-4-2-5-23(34)14-20)41(24)31(44)28(18-39)38-30(43)27-17-21-16-22(7-9-26(21)37-27)33(35,36)49(46,47)48/h2,4-5,7,9,14,16-17,24-25,28-29,37H,3,6,8,10-13,15,18H2,1H3,(H,38,43)(H2,46,47,48)/t24-,25?,28+,29+/m1/s1. The number of carbonyl (C=O) groups excluding carboxylic acids is 4. The van der Waals surface area contributed by atoms with Crippen LogP contribution < -0.4 is 5.32 Å². The second-order valence-corrected chi connectivity index (χ2v) is 15.1. The highest BCUT2D eigenvalue weighted by Gasteiger charge is 2.51. The number of fused-ring (bicyclic) bond motifs is 2. The molecule has 3 aromatic rings. The number of alkyl halides is 2. The Morgan fingerprint density at radius 2 is 1.84 bits per heavy atom. The molecule has 49 heavy (non-hydrogen) atoms. The van der Waals surface area contributed by atoms with Crippen LogP contribution in [0.3, 0.4) is 0 Å². The lowest BCUT2D eigenvalue weighted by Crippen LogP contribution is -2.61. The Labute approximate surface area is 285 Å². The van der Waals surface area contributed by atoms with Crippen LogP contribution in [0.15, 0.2) is 48.5 Å². The van der Waals surface area contributed by atoms with Gasteiger partial charge in [-0.15, -0.1) is 0 Å². The number of benzene rings is 2. The van der Waals surface area contributed by atoms with Gasteiger partial charge in [-0.2, -0.15) is 8.78 Å². The molecule has 262 valence electrons. The van der Waals surface area contributed by atoms with Crippen molar-refractivity contribution in [3.05, 3.63) is 70.4 Å². The van der Waals surface area contributed by atoms with Crippen LogP contribution in [0, 0.1) is 0 Å². The molecule has 0 aliphatic carbocycles. The average molecular weight is 720 g/mol. The SMILES string of the molecule is CC(=O)N1CC[C@H]2CC[C@@H](C(=O)N3CCCC3Cc3cccc(Cl)c3)N2C(=O)[C@@H](NC(=O)c2cc3cc(C(F)(F)P(=O)(O)O)ccc3[nH]2)C1. The van der Waals surface area contributed by atoms with E-state index < -0.39 is 42.7 Å². The van der Waals surface area contributed by atoms with Gasteiger partial charge in [-0.05, 0) is 74.4 Å². The first-order valence-corrected chi connectivity index (χ1v) is 18.1. The summed E-state index contributed by atoms with van der Waals surface area (Å²) in [6, 6.07) is 9.34. The summed E-state index contributed by atoms with van der Waals surface area (Å²) >= 11 is 6.20. The van der Waals surface area contributed by atoms with Crippen LogP contribution >= 0.6 is 19.2 Å². The van der Waals surface area contributed by atoms with E-state index in [1.54, 1.807) is 11.0 Å². The monoisotopic (exact) mass is 719 g/mol. The van der Waals surface area contributed by atoms with Crippen molar-refractivity contribution in [3.63, 3.8) is 0 Å². The highest BCUT2D eigenvalue weighted by Crippen LogP contribution is 2.59. The fourth-order valence-corrected chi connectivity index (χ4v) is 8.01. The molecule has 4 N–H and O–H groups in total. The summed E-state index contributed by atoms with van der Waals surface area (Å²) in [7, 11) is -5.81. The van der Waals surface area contributed by atoms with Crippen molar-refractivity contribution in [1.82, 2.24) is 25.0 Å². The first kappa shape index (κ1) is 35.0. The molecule has 0 saturated carbocycles. The Bertz CT molecular complexity index is 1850. The van der Waals surface area contributed by atoms with E-state index in [0.29, 0.717) is 43.8 Å². The first-order chi connectivity index (χ1) is 23.1. The fraction of sp³-hybridized carbons (Fsp3) is 0.455. The van der Waals surface area contributed by atoms with E-state index in [4.69, 9.17) is 21.4 Å². The van der Waals surface area contributed by atoms with E-state index in [-0.39, 0.29) is 47.0 Å². The molecule has 16 heteroatoms. The van der Waals surface area contributed by atoms with Crippen molar-refractivity contribution in [1.29, 1.82) is 0 Å². The van der Waals surface area contributed by atoms with Crippen molar-refractivity contribution in [2.24, 2.45) is 0 Å². The van der Waals surface area contributed by atoms with Gasteiger partial charge in [0.2, 0.25) is 17.7 Å². The molecule has 12 nitrogen and oxygen atoms in total. The number of aromatic amines is 1. The number of H-pyrrole nitrogens is 1. The summed E-state index contributed by atoms with van der Waals surface area (Å²) < 4.78 is 40.1. The predicted octanol–water partition coefficient (Wildman–Crippen LogP) is 3.99. The summed E-state index contributed by atoms with van der Waals surface area (Å²) in [5, 5.41) is 3.40. The summed E-state index contributed by atoms with van der Waals surface area (Å²) in [5.41, 5.74) is -4.20. The number of nitrogens with zero attached hydrogens (tertiary/aromatic N) is 3. The number of hydrogen-bond acceptors (Lipinski definition) is 5. The summed E-state index contributed by atoms with van der Waals surface area (Å²) in [5.74, 6) is -1.68. The maximum Gasteiger partial charge on any atom is 0.399 e. The van der Waals surface area contributed by atoms with E-state index in [2.05, 4.69) is 10.3 Å². The Morgan fingerprint density at radius 1 is 1.06 bits per heavy atom. The van der Waals surface area contributed by atoms with Gasteiger partial charge in [0.05, 0.1) is 0 Å². The topological polar surface area (TPSA) is 163 Å². The second kappa shape index (κ2) is 13.5. The van der Waals surface area contributed by atoms with Crippen LogP contribution in [0.4, 0.5) is 8.78 Å². The van der Waals surface area contributed by atoms with Crippen molar-refractivity contribution in [3.8, 4) is 0 Å². The Kier molecular flexibility index (Phi) is 9.62. The molecule has 3 fully saturated rings. The molecule has 3 saturated heterocycles. The molecule has 0 bridgehead atoms. The van der Waals surface area contributed by atoms with Gasteiger partial charge in [0.1, 0.15) is 17.8 Å². The minimum Gasteiger partial charge on any atom is -0.351 e. The first-order valence-electron chi connectivity index (χ1n) is 16.1. The molecule has 0 radical (unpaired) electrons. The number of aromatic nitrogens is 1. The van der Waals surface area contributed by atoms with E-state index in [1.165, 1.54) is 24.0 Å². The van der Waals surface area contributed by atoms with Crippen molar-refractivity contribution >= 4 is 53.7 Å². The largest absolute Gasteiger partial charge is 0.399 e. The molecule has 4 heterocycles. The summed E-state index contributed by atoms with van der Waals surface area (Å²) in [6.07, 6.45) is 3.76. The van der Waals surface area contributed by atoms with Gasteiger partial charge in [0, 0.05) is 60.1 Å². The number of carbonyl (C=O) groups is 4. The van der Waals surface area contributed by atoms with Gasteiger partial charge < -0.3 is 34.8 Å². The number of amides is 4. The normalized spacial score (nSPS) is 23.4. The molecular formula is C33H37ClF2N5O7P. The van der Waals surface area contributed by atoms with Crippen LogP contribution in [0.2, 0.25) is 5.02 Å². The molecule has 1 aromatic heterocycles. The Hall–Kier alpha value is -3.84. The number of nitrogens with one attached hydrogen (secondary N) is 2. The maximum absolute atomic E-state index is 14.4. The molecule has 4 amide bonds. The van der Waals surface area contributed by atoms with Crippen molar-refractivity contribution in [2.45, 2.75) is 75.3 Å². The summed E-state index contributed by atoms with van der Waals surface area (Å²) in [6.45, 7) is 2.12. The van der Waals surface area contributed by atoms with Gasteiger partial charge in [-0.25, -0.2) is 0 Å². The Balaban J connectivity index is 1.23. The van der Waals surface area contributed by atoms with Gasteiger partial charge in [0.25, 0.3) is 5.91 Å². The van der Waals surface area contributed by atoms with Crippen LogP contribution in [0.25, 0.3) is 10.9 Å². The van der Waals surface area contributed by atoms with Gasteiger partial charge in [0.15, 0.2) is 0 Å². The summed E-state index contributed by atoms with van der Waals surface area (Å²) in [4.78, 5) is 80.5. The highest BCUT2D eigenvalue weighted by molar-refractivity contribution is 7.52. The lowest BCUT2D eigenvalue weighted by molar-refractivity contribution is -0.149. The smallest absolute Gasteiger partial charge is 0.351 e. The number of halogens is 3. The Morgan fingerprint density at radius 3 is 2.55 bits per heavy atom. The van der Waals surface area contributed by atoms with Gasteiger partial charge >= 0.3 is 13.3 Å². The molecule has 1 unspecified atom stereocenters. The van der Waals surface area contributed by atoms with Gasteiger partial charge in [-0.3, -0.25) is 23.7 Å². The van der Waals surface area contributed by atoms with Crippen LogP contribution in [-0.2, 0) is 31.0 Å². The predicted molar refractivity (Wildman–Crippen MR) is 176 cm³/mol. The maximum atomic E-state index is 14.4. The zero-order valence-electron chi connectivity index (χ0n) is 26.7. The zero-order valence-corrected chi connectivity index (χ0v) is 28.3. The molecule has 2 aromatic carbocycles. The second-order valence-electron chi connectivity index (χ2n) is 13.0. The lowest BCUT2D eigenvalue weighted by Gasteiger charge is -2.39. The van der Waals surface area contributed by atoms with E-state index in [9.17, 15) is 32.5 Å². The highest BCUT2D eigenvalue weighted by atomic mass is 35.5.